The van der Waals surface area contributed by atoms with Gasteiger partial charge in [0.2, 0.25) is 0 Å². The third kappa shape index (κ3) is 3.32. The topological polar surface area (TPSA) is 44.1 Å². The summed E-state index contributed by atoms with van der Waals surface area (Å²) in [6.07, 6.45) is 0.791. The lowest BCUT2D eigenvalue weighted by atomic mass is 10.2. The lowest BCUT2D eigenvalue weighted by Crippen LogP contribution is -2.25. The lowest BCUT2D eigenvalue weighted by Gasteiger charge is -2.14. The monoisotopic (exact) mass is 244 g/mol. The first-order valence-corrected chi connectivity index (χ1v) is 5.70. The predicted molar refractivity (Wildman–Crippen MR) is 64.1 cm³/mol. The van der Waals surface area contributed by atoms with Crippen molar-refractivity contribution in [3.63, 3.8) is 0 Å². The summed E-state index contributed by atoms with van der Waals surface area (Å²) in [4.78, 5) is 16.0. The molecule has 4 nitrogen and oxygen atoms in total. The van der Waals surface area contributed by atoms with Crippen molar-refractivity contribution in [2.24, 2.45) is 0 Å². The molecular formula is C11H17ClN2O2. The summed E-state index contributed by atoms with van der Waals surface area (Å²) in [5, 5.41) is 0.261. The molecule has 0 saturated heterocycles. The van der Waals surface area contributed by atoms with Crippen LogP contribution in [0.25, 0.3) is 0 Å². The molecule has 0 atom stereocenters. The van der Waals surface area contributed by atoms with Crippen molar-refractivity contribution in [1.29, 1.82) is 0 Å². The normalized spacial score (nSPS) is 11.1. The Morgan fingerprint density at radius 1 is 1.56 bits per heavy atom. The molecule has 0 aliphatic heterocycles. The van der Waals surface area contributed by atoms with E-state index in [2.05, 4.69) is 4.98 Å². The second-order valence-electron chi connectivity index (χ2n) is 3.93. The number of hydrogen-bond donors (Lipinski definition) is 0. The van der Waals surface area contributed by atoms with Gasteiger partial charge in [-0.2, -0.15) is 0 Å². The molecule has 0 saturated carbocycles. The Morgan fingerprint density at radius 2 is 2.25 bits per heavy atom. The summed E-state index contributed by atoms with van der Waals surface area (Å²) in [6, 6.07) is 1.35. The summed E-state index contributed by atoms with van der Waals surface area (Å²) in [5.41, 5.74) is -0.0974. The summed E-state index contributed by atoms with van der Waals surface area (Å²) in [6.45, 7) is 5.23. The predicted octanol–water partition coefficient (Wildman–Crippen LogP) is 2.06. The zero-order valence-corrected chi connectivity index (χ0v) is 10.6. The Kier molecular flexibility index (Phi) is 4.96. The third-order valence-electron chi connectivity index (χ3n) is 2.25. The van der Waals surface area contributed by atoms with Gasteiger partial charge in [0.1, 0.15) is 11.0 Å². The van der Waals surface area contributed by atoms with Gasteiger partial charge in [0.15, 0.2) is 0 Å². The number of hydrogen-bond acceptors (Lipinski definition) is 3. The Bertz CT molecular complexity index is 401. The van der Waals surface area contributed by atoms with E-state index in [4.69, 9.17) is 16.3 Å². The fourth-order valence-corrected chi connectivity index (χ4v) is 1.71. The highest BCUT2D eigenvalue weighted by atomic mass is 35.5. The van der Waals surface area contributed by atoms with Crippen molar-refractivity contribution in [3.05, 3.63) is 27.4 Å². The van der Waals surface area contributed by atoms with E-state index < -0.39 is 0 Å². The van der Waals surface area contributed by atoms with Gasteiger partial charge >= 0.3 is 0 Å². The number of methoxy groups -OCH3 is 1. The number of aromatic nitrogens is 2. The van der Waals surface area contributed by atoms with Crippen LogP contribution < -0.4 is 5.56 Å². The van der Waals surface area contributed by atoms with Crippen molar-refractivity contribution < 1.29 is 4.74 Å². The van der Waals surface area contributed by atoms with Gasteiger partial charge in [-0.05, 0) is 6.42 Å². The van der Waals surface area contributed by atoms with Gasteiger partial charge in [-0.15, -0.1) is 0 Å². The van der Waals surface area contributed by atoms with Gasteiger partial charge < -0.3 is 4.74 Å². The molecule has 1 heterocycles. The maximum atomic E-state index is 11.8. The van der Waals surface area contributed by atoms with Crippen LogP contribution in [0.2, 0.25) is 5.15 Å². The quantitative estimate of drug-likeness (QED) is 0.588. The van der Waals surface area contributed by atoms with Crippen molar-refractivity contribution >= 4 is 11.6 Å². The zero-order chi connectivity index (χ0) is 12.1. The van der Waals surface area contributed by atoms with Crippen LogP contribution in [0.3, 0.4) is 0 Å². The summed E-state index contributed by atoms with van der Waals surface area (Å²) >= 11 is 5.78. The Hall–Kier alpha value is -0.870. The molecule has 0 spiro atoms. The number of halogens is 1. The molecule has 1 aromatic heterocycles. The molecule has 0 unspecified atom stereocenters. The van der Waals surface area contributed by atoms with Crippen LogP contribution in [0.1, 0.15) is 32.0 Å². The zero-order valence-electron chi connectivity index (χ0n) is 9.86. The summed E-state index contributed by atoms with van der Waals surface area (Å²) < 4.78 is 6.63. The van der Waals surface area contributed by atoms with Crippen molar-refractivity contribution in [2.75, 3.05) is 13.7 Å². The summed E-state index contributed by atoms with van der Waals surface area (Å²) in [5.74, 6) is 0.905. The molecule has 5 heteroatoms. The van der Waals surface area contributed by atoms with Crippen LogP contribution in [0.4, 0.5) is 0 Å². The average molecular weight is 245 g/mol. The first-order valence-electron chi connectivity index (χ1n) is 5.32. The lowest BCUT2D eigenvalue weighted by molar-refractivity contribution is 0.189. The van der Waals surface area contributed by atoms with Crippen molar-refractivity contribution in [3.8, 4) is 0 Å². The minimum Gasteiger partial charge on any atom is -0.385 e. The van der Waals surface area contributed by atoms with E-state index in [1.54, 1.807) is 11.7 Å². The molecule has 0 fully saturated rings. The smallest absolute Gasteiger partial charge is 0.254 e. The maximum Gasteiger partial charge on any atom is 0.254 e. The van der Waals surface area contributed by atoms with Crippen LogP contribution in [-0.4, -0.2) is 23.3 Å². The molecule has 0 radical (unpaired) electrons. The Balaban J connectivity index is 3.00. The highest BCUT2D eigenvalue weighted by molar-refractivity contribution is 6.29. The minimum atomic E-state index is -0.0974. The van der Waals surface area contributed by atoms with Gasteiger partial charge in [0, 0.05) is 32.2 Å². The molecule has 0 aliphatic rings. The van der Waals surface area contributed by atoms with Gasteiger partial charge in [-0.3, -0.25) is 9.36 Å². The second kappa shape index (κ2) is 6.01. The molecule has 1 aromatic rings. The molecule has 1 rings (SSSR count). The minimum absolute atomic E-state index is 0.0974. The first-order chi connectivity index (χ1) is 7.56. The Morgan fingerprint density at radius 3 is 2.81 bits per heavy atom. The molecule has 0 amide bonds. The molecule has 0 aromatic carbocycles. The fraction of sp³-hybridized carbons (Fsp3) is 0.636. The standard InChI is InChI=1S/C11H17ClN2O2/c1-8(2)11-13-9(12)7-10(15)14(11)5-4-6-16-3/h7-8H,4-6H2,1-3H3. The second-order valence-corrected chi connectivity index (χ2v) is 4.32. The first kappa shape index (κ1) is 13.2. The van der Waals surface area contributed by atoms with Crippen LogP contribution in [0.15, 0.2) is 10.9 Å². The molecule has 0 aliphatic carbocycles. The fourth-order valence-electron chi connectivity index (χ4n) is 1.53. The maximum absolute atomic E-state index is 11.8. The third-order valence-corrected chi connectivity index (χ3v) is 2.45. The number of ether oxygens (including phenoxy) is 1. The van der Waals surface area contributed by atoms with E-state index in [0.29, 0.717) is 13.2 Å². The molecule has 16 heavy (non-hydrogen) atoms. The average Bonchev–Trinajstić information content (AvgIpc) is 2.20. The number of rotatable bonds is 5. The van der Waals surface area contributed by atoms with E-state index in [1.165, 1.54) is 6.07 Å². The Labute approximate surface area is 100 Å². The summed E-state index contributed by atoms with van der Waals surface area (Å²) in [7, 11) is 1.65. The van der Waals surface area contributed by atoms with Gasteiger partial charge in [0.25, 0.3) is 5.56 Å². The van der Waals surface area contributed by atoms with Crippen LogP contribution in [0, 0.1) is 0 Å². The highest BCUT2D eigenvalue weighted by Gasteiger charge is 2.10. The van der Waals surface area contributed by atoms with Crippen molar-refractivity contribution in [2.45, 2.75) is 32.7 Å². The van der Waals surface area contributed by atoms with Gasteiger partial charge in [0.05, 0.1) is 0 Å². The van der Waals surface area contributed by atoms with E-state index in [-0.39, 0.29) is 16.6 Å². The largest absolute Gasteiger partial charge is 0.385 e. The molecule has 0 bridgehead atoms. The van der Waals surface area contributed by atoms with E-state index in [1.807, 2.05) is 13.8 Å². The van der Waals surface area contributed by atoms with E-state index >= 15 is 0 Å². The van der Waals surface area contributed by atoms with E-state index in [9.17, 15) is 4.79 Å². The van der Waals surface area contributed by atoms with Gasteiger partial charge in [-0.25, -0.2) is 4.98 Å². The van der Waals surface area contributed by atoms with Gasteiger partial charge in [-0.1, -0.05) is 25.4 Å². The number of nitrogens with zero attached hydrogens (tertiary/aromatic N) is 2. The van der Waals surface area contributed by atoms with Crippen LogP contribution in [-0.2, 0) is 11.3 Å². The SMILES string of the molecule is COCCCn1c(C(C)C)nc(Cl)cc1=O. The molecule has 90 valence electrons. The molecule has 0 N–H and O–H groups in total. The van der Waals surface area contributed by atoms with Crippen molar-refractivity contribution in [1.82, 2.24) is 9.55 Å². The highest BCUT2D eigenvalue weighted by Crippen LogP contribution is 2.12. The van der Waals surface area contributed by atoms with Crippen LogP contribution >= 0.6 is 11.6 Å². The molecular weight excluding hydrogens is 228 g/mol. The van der Waals surface area contributed by atoms with E-state index in [0.717, 1.165) is 12.2 Å². The van der Waals surface area contributed by atoms with Crippen LogP contribution in [0.5, 0.6) is 0 Å².